The van der Waals surface area contributed by atoms with Gasteiger partial charge in [0.25, 0.3) is 0 Å². The van der Waals surface area contributed by atoms with Crippen LogP contribution >= 0.6 is 11.6 Å². The molecule has 4 heteroatoms. The fourth-order valence-corrected chi connectivity index (χ4v) is 1.20. The number of para-hydroxylation sites is 1. The molecule has 0 amide bonds. The number of carboxylic acid groups (broad SMARTS) is 1. The molecule has 1 aromatic carbocycles. The normalized spacial score (nSPS) is 11.8. The Kier molecular flexibility index (Phi) is 5.30. The van der Waals surface area contributed by atoms with Crippen molar-refractivity contribution in [3.8, 4) is 5.75 Å². The van der Waals surface area contributed by atoms with Crippen molar-refractivity contribution in [2.75, 3.05) is 6.61 Å². The Morgan fingerprint density at radius 1 is 1.47 bits per heavy atom. The van der Waals surface area contributed by atoms with Gasteiger partial charge in [-0.1, -0.05) is 29.8 Å². The number of benzene rings is 1. The maximum Gasteiger partial charge on any atom is 0.328 e. The smallest absolute Gasteiger partial charge is 0.328 e. The summed E-state index contributed by atoms with van der Waals surface area (Å²) in [6.45, 7) is 2.23. The van der Waals surface area contributed by atoms with Gasteiger partial charge in [-0.25, -0.2) is 4.79 Å². The van der Waals surface area contributed by atoms with Crippen molar-refractivity contribution < 1.29 is 14.6 Å². The van der Waals surface area contributed by atoms with Crippen LogP contribution in [0.3, 0.4) is 0 Å². The average Bonchev–Trinajstić information content (AvgIpc) is 2.34. The molecule has 3 nitrogen and oxygen atoms in total. The summed E-state index contributed by atoms with van der Waals surface area (Å²) in [7, 11) is 0. The fourth-order valence-electron chi connectivity index (χ4n) is 1.13. The van der Waals surface area contributed by atoms with Gasteiger partial charge in [0.05, 0.1) is 0 Å². The van der Waals surface area contributed by atoms with Crippen LogP contribution in [-0.2, 0) is 4.79 Å². The summed E-state index contributed by atoms with van der Waals surface area (Å²) in [4.78, 5) is 10.4. The van der Waals surface area contributed by atoms with Crippen LogP contribution in [0.15, 0.2) is 41.4 Å². The molecule has 0 bridgehead atoms. The number of hydrogen-bond donors (Lipinski definition) is 1. The summed E-state index contributed by atoms with van der Waals surface area (Å²) in [5, 5.41) is 8.57. The van der Waals surface area contributed by atoms with Gasteiger partial charge in [0, 0.05) is 17.2 Å². The van der Waals surface area contributed by atoms with Crippen molar-refractivity contribution in [1.82, 2.24) is 0 Å². The van der Waals surface area contributed by atoms with Crippen molar-refractivity contribution in [1.29, 1.82) is 0 Å². The molecule has 0 radical (unpaired) electrons. The highest BCUT2D eigenvalue weighted by molar-refractivity contribution is 6.25. The van der Waals surface area contributed by atoms with Gasteiger partial charge in [0.2, 0.25) is 0 Å². The molecule has 0 aliphatic rings. The highest BCUT2D eigenvalue weighted by Crippen LogP contribution is 2.20. The molecule has 0 saturated heterocycles. The number of carbonyl (C=O) groups is 1. The van der Waals surface area contributed by atoms with E-state index in [1.807, 2.05) is 19.1 Å². The molecule has 1 N–H and O–H groups in total. The summed E-state index contributed by atoms with van der Waals surface area (Å²) in [6.07, 6.45) is 2.57. The van der Waals surface area contributed by atoms with Gasteiger partial charge in [-0.2, -0.15) is 0 Å². The predicted octanol–water partition coefficient (Wildman–Crippen LogP) is 3.31. The lowest BCUT2D eigenvalue weighted by Crippen LogP contribution is -1.99. The van der Waals surface area contributed by atoms with Crippen LogP contribution in [0.2, 0.25) is 0 Å². The fraction of sp³-hybridized carbons (Fsp3) is 0.154. The largest absolute Gasteiger partial charge is 0.489 e. The van der Waals surface area contributed by atoms with Crippen LogP contribution in [0.4, 0.5) is 0 Å². The molecule has 0 aliphatic carbocycles. The molecular formula is C13H13ClO3. The minimum Gasteiger partial charge on any atom is -0.489 e. The number of rotatable bonds is 5. The Balaban J connectivity index is 2.81. The summed E-state index contributed by atoms with van der Waals surface area (Å²) in [5.41, 5.74) is 3.07. The summed E-state index contributed by atoms with van der Waals surface area (Å²) < 4.78 is 5.53. The van der Waals surface area contributed by atoms with Crippen LogP contribution in [0.1, 0.15) is 12.5 Å². The van der Waals surface area contributed by atoms with Crippen molar-refractivity contribution in [3.63, 3.8) is 0 Å². The van der Waals surface area contributed by atoms with Crippen LogP contribution in [0, 0.1) is 0 Å². The van der Waals surface area contributed by atoms with E-state index in [4.69, 9.17) is 21.4 Å². The quantitative estimate of drug-likeness (QED) is 0.818. The van der Waals surface area contributed by atoms with E-state index in [0.717, 1.165) is 17.2 Å². The SMILES string of the molecule is C/C(=C/Cl)COc1ccccc1/C=C/C(=O)O. The highest BCUT2D eigenvalue weighted by Gasteiger charge is 2.00. The zero-order valence-corrected chi connectivity index (χ0v) is 10.1. The molecule has 0 heterocycles. The van der Waals surface area contributed by atoms with Crippen molar-refractivity contribution >= 4 is 23.6 Å². The molecule has 0 unspecified atom stereocenters. The zero-order chi connectivity index (χ0) is 12.7. The molecule has 0 saturated carbocycles. The Morgan fingerprint density at radius 2 is 2.18 bits per heavy atom. The van der Waals surface area contributed by atoms with Crippen LogP contribution in [0.5, 0.6) is 5.75 Å². The van der Waals surface area contributed by atoms with Gasteiger partial charge < -0.3 is 9.84 Å². The molecule has 0 fully saturated rings. The van der Waals surface area contributed by atoms with E-state index < -0.39 is 5.97 Å². The van der Waals surface area contributed by atoms with E-state index in [0.29, 0.717) is 12.4 Å². The lowest BCUT2D eigenvalue weighted by molar-refractivity contribution is -0.131. The first-order valence-corrected chi connectivity index (χ1v) is 5.46. The second kappa shape index (κ2) is 6.76. The molecule has 90 valence electrons. The monoisotopic (exact) mass is 252 g/mol. The van der Waals surface area contributed by atoms with Crippen molar-refractivity contribution in [3.05, 3.63) is 47.0 Å². The van der Waals surface area contributed by atoms with Crippen LogP contribution in [0.25, 0.3) is 6.08 Å². The number of ether oxygens (including phenoxy) is 1. The third-order valence-corrected chi connectivity index (χ3v) is 2.34. The summed E-state index contributed by atoms with van der Waals surface area (Å²) >= 11 is 5.53. The maximum absolute atomic E-state index is 10.4. The Morgan fingerprint density at radius 3 is 2.82 bits per heavy atom. The number of carboxylic acids is 1. The van der Waals surface area contributed by atoms with Gasteiger partial charge in [-0.15, -0.1) is 0 Å². The average molecular weight is 253 g/mol. The zero-order valence-electron chi connectivity index (χ0n) is 9.39. The third kappa shape index (κ3) is 4.74. The molecule has 0 aromatic heterocycles. The molecule has 1 aromatic rings. The van der Waals surface area contributed by atoms with Crippen LogP contribution < -0.4 is 4.74 Å². The first-order chi connectivity index (χ1) is 8.13. The summed E-state index contributed by atoms with van der Waals surface area (Å²) in [6, 6.07) is 7.21. The van der Waals surface area contributed by atoms with Crippen molar-refractivity contribution in [2.45, 2.75) is 6.92 Å². The van der Waals surface area contributed by atoms with E-state index >= 15 is 0 Å². The van der Waals surface area contributed by atoms with Crippen molar-refractivity contribution in [2.24, 2.45) is 0 Å². The molecule has 1 rings (SSSR count). The Bertz CT molecular complexity index is 450. The topological polar surface area (TPSA) is 46.5 Å². The third-order valence-electron chi connectivity index (χ3n) is 1.97. The van der Waals surface area contributed by atoms with E-state index in [1.54, 1.807) is 12.1 Å². The second-order valence-electron chi connectivity index (χ2n) is 3.45. The lowest BCUT2D eigenvalue weighted by Gasteiger charge is -2.08. The summed E-state index contributed by atoms with van der Waals surface area (Å²) in [5.74, 6) is -0.362. The van der Waals surface area contributed by atoms with E-state index in [9.17, 15) is 4.79 Å². The molecule has 17 heavy (non-hydrogen) atoms. The van der Waals surface area contributed by atoms with E-state index in [2.05, 4.69) is 0 Å². The molecule has 0 aliphatic heterocycles. The van der Waals surface area contributed by atoms with E-state index in [1.165, 1.54) is 11.6 Å². The minimum atomic E-state index is -0.989. The molecule has 0 atom stereocenters. The Labute approximate surface area is 105 Å². The second-order valence-corrected chi connectivity index (χ2v) is 3.67. The van der Waals surface area contributed by atoms with Gasteiger partial charge in [0.15, 0.2) is 0 Å². The molecular weight excluding hydrogens is 240 g/mol. The minimum absolute atomic E-state index is 0.376. The van der Waals surface area contributed by atoms with Gasteiger partial charge in [-0.3, -0.25) is 0 Å². The number of aliphatic carboxylic acids is 1. The maximum atomic E-state index is 10.4. The van der Waals surface area contributed by atoms with E-state index in [-0.39, 0.29) is 0 Å². The number of halogens is 1. The Hall–Kier alpha value is -1.74. The first kappa shape index (κ1) is 13.3. The highest BCUT2D eigenvalue weighted by atomic mass is 35.5. The van der Waals surface area contributed by atoms with Gasteiger partial charge in [0.1, 0.15) is 12.4 Å². The molecule has 0 spiro atoms. The predicted molar refractivity (Wildman–Crippen MR) is 68.2 cm³/mol. The lowest BCUT2D eigenvalue weighted by atomic mass is 10.2. The number of hydrogen-bond acceptors (Lipinski definition) is 2. The standard InChI is InChI=1S/C13H13ClO3/c1-10(8-14)9-17-12-5-3-2-4-11(12)6-7-13(15)16/h2-8H,9H2,1H3,(H,15,16)/b7-6+,10-8-. The first-order valence-electron chi connectivity index (χ1n) is 5.02. The van der Waals surface area contributed by atoms with Gasteiger partial charge >= 0.3 is 5.97 Å². The van der Waals surface area contributed by atoms with Crippen LogP contribution in [-0.4, -0.2) is 17.7 Å². The van der Waals surface area contributed by atoms with Gasteiger partial charge in [-0.05, 0) is 24.6 Å².